The number of methoxy groups -OCH3 is 1. The number of para-hydroxylation sites is 1. The topological polar surface area (TPSA) is 88.2 Å². The number of amides is 3. The molecule has 0 saturated carbocycles. The van der Waals surface area contributed by atoms with Crippen LogP contribution in [0.15, 0.2) is 24.3 Å². The molecule has 2 heterocycles. The van der Waals surface area contributed by atoms with Crippen molar-refractivity contribution in [2.24, 2.45) is 0 Å². The maximum Gasteiger partial charge on any atom is 0.410 e. The van der Waals surface area contributed by atoms with Gasteiger partial charge in [-0.25, -0.2) is 14.4 Å². The second kappa shape index (κ2) is 8.28. The van der Waals surface area contributed by atoms with Gasteiger partial charge in [0.1, 0.15) is 6.10 Å². The third-order valence-electron chi connectivity index (χ3n) is 5.12. The molecule has 8 nitrogen and oxygen atoms in total. The van der Waals surface area contributed by atoms with Crippen LogP contribution in [-0.4, -0.2) is 66.8 Å². The molecule has 27 heavy (non-hydrogen) atoms. The number of piperidine rings is 1. The normalized spacial score (nSPS) is 20.4. The molecule has 0 aliphatic carbocycles. The first kappa shape index (κ1) is 19.0. The first-order chi connectivity index (χ1) is 13.0. The summed E-state index contributed by atoms with van der Waals surface area (Å²) >= 11 is 0. The van der Waals surface area contributed by atoms with E-state index in [4.69, 9.17) is 9.47 Å². The molecule has 0 bridgehead atoms. The number of carbonyl (C=O) groups is 3. The smallest absolute Gasteiger partial charge is 0.410 e. The Morgan fingerprint density at radius 3 is 2.59 bits per heavy atom. The molecule has 2 aliphatic heterocycles. The van der Waals surface area contributed by atoms with Gasteiger partial charge in [-0.3, -0.25) is 0 Å². The van der Waals surface area contributed by atoms with E-state index in [1.165, 1.54) is 7.11 Å². The summed E-state index contributed by atoms with van der Waals surface area (Å²) < 4.78 is 10.1. The van der Waals surface area contributed by atoms with Gasteiger partial charge in [-0.2, -0.15) is 0 Å². The van der Waals surface area contributed by atoms with E-state index >= 15 is 0 Å². The zero-order chi connectivity index (χ0) is 19.4. The minimum absolute atomic E-state index is 0.0337. The lowest BCUT2D eigenvalue weighted by atomic mass is 10.0. The van der Waals surface area contributed by atoms with Crippen LogP contribution in [0.2, 0.25) is 0 Å². The van der Waals surface area contributed by atoms with Crippen molar-refractivity contribution in [2.75, 3.05) is 32.1 Å². The van der Waals surface area contributed by atoms with Crippen molar-refractivity contribution in [3.8, 4) is 0 Å². The molecule has 1 N–H and O–H groups in total. The van der Waals surface area contributed by atoms with Gasteiger partial charge >= 0.3 is 18.1 Å². The lowest BCUT2D eigenvalue weighted by Gasteiger charge is -2.35. The zero-order valence-corrected chi connectivity index (χ0v) is 15.6. The Kier molecular flexibility index (Phi) is 5.83. The van der Waals surface area contributed by atoms with Gasteiger partial charge in [0, 0.05) is 19.1 Å². The lowest BCUT2D eigenvalue weighted by Crippen LogP contribution is -2.48. The Balaban J connectivity index is 1.57. The van der Waals surface area contributed by atoms with Crippen molar-refractivity contribution >= 4 is 23.8 Å². The molecule has 3 amide bonds. The van der Waals surface area contributed by atoms with Crippen LogP contribution in [0.25, 0.3) is 0 Å². The predicted octanol–water partition coefficient (Wildman–Crippen LogP) is 2.70. The number of hydrogen-bond acceptors (Lipinski definition) is 5. The monoisotopic (exact) mass is 375 g/mol. The molecule has 0 aromatic heterocycles. The highest BCUT2D eigenvalue weighted by molar-refractivity contribution is 6.00. The van der Waals surface area contributed by atoms with Crippen LogP contribution in [0.4, 0.5) is 15.3 Å². The fourth-order valence-electron chi connectivity index (χ4n) is 3.51. The number of anilines is 1. The number of urea groups is 1. The molecular weight excluding hydrogens is 350 g/mol. The van der Waals surface area contributed by atoms with Crippen LogP contribution in [0.3, 0.4) is 0 Å². The SMILES string of the molecule is CCC1CN(C2CCN(C(=O)Nc3ccccc3C(=O)OC)CC2)C(=O)O1. The zero-order valence-electron chi connectivity index (χ0n) is 15.6. The van der Waals surface area contributed by atoms with Gasteiger partial charge in [-0.05, 0) is 31.4 Å². The molecule has 1 aromatic carbocycles. The number of nitrogens with one attached hydrogen (secondary N) is 1. The first-order valence-electron chi connectivity index (χ1n) is 9.24. The summed E-state index contributed by atoms with van der Waals surface area (Å²) in [6.07, 6.45) is 1.93. The molecule has 2 saturated heterocycles. The summed E-state index contributed by atoms with van der Waals surface area (Å²) in [7, 11) is 1.30. The fraction of sp³-hybridized carbons (Fsp3) is 0.526. The van der Waals surface area contributed by atoms with Crippen LogP contribution < -0.4 is 5.32 Å². The van der Waals surface area contributed by atoms with Crippen LogP contribution in [0.5, 0.6) is 0 Å². The minimum Gasteiger partial charge on any atom is -0.465 e. The highest BCUT2D eigenvalue weighted by atomic mass is 16.6. The number of carbonyl (C=O) groups excluding carboxylic acids is 3. The van der Waals surface area contributed by atoms with Gasteiger partial charge in [-0.1, -0.05) is 19.1 Å². The van der Waals surface area contributed by atoms with Crippen LogP contribution in [0, 0.1) is 0 Å². The van der Waals surface area contributed by atoms with Crippen LogP contribution in [-0.2, 0) is 9.47 Å². The number of likely N-dealkylation sites (tertiary alicyclic amines) is 1. The molecular formula is C19H25N3O5. The summed E-state index contributed by atoms with van der Waals surface area (Å²) in [5.41, 5.74) is 0.735. The molecule has 146 valence electrons. The van der Waals surface area contributed by atoms with Crippen molar-refractivity contribution < 1.29 is 23.9 Å². The number of rotatable bonds is 4. The number of benzene rings is 1. The molecule has 1 atom stereocenters. The third kappa shape index (κ3) is 4.15. The average Bonchev–Trinajstić information content (AvgIpc) is 3.08. The van der Waals surface area contributed by atoms with Gasteiger partial charge in [0.15, 0.2) is 0 Å². The highest BCUT2D eigenvalue weighted by Gasteiger charge is 2.37. The van der Waals surface area contributed by atoms with Gasteiger partial charge in [-0.15, -0.1) is 0 Å². The molecule has 1 unspecified atom stereocenters. The molecule has 2 fully saturated rings. The predicted molar refractivity (Wildman–Crippen MR) is 98.7 cm³/mol. The van der Waals surface area contributed by atoms with Crippen molar-refractivity contribution in [1.82, 2.24) is 9.80 Å². The fourth-order valence-corrected chi connectivity index (χ4v) is 3.51. The minimum atomic E-state index is -0.498. The van der Waals surface area contributed by atoms with E-state index in [1.54, 1.807) is 34.1 Å². The number of ether oxygens (including phenoxy) is 2. The second-order valence-electron chi connectivity index (χ2n) is 6.75. The highest BCUT2D eigenvalue weighted by Crippen LogP contribution is 2.24. The van der Waals surface area contributed by atoms with Gasteiger partial charge in [0.2, 0.25) is 0 Å². The second-order valence-corrected chi connectivity index (χ2v) is 6.75. The van der Waals surface area contributed by atoms with Gasteiger partial charge in [0.05, 0.1) is 24.9 Å². The van der Waals surface area contributed by atoms with Gasteiger partial charge < -0.3 is 24.6 Å². The van der Waals surface area contributed by atoms with E-state index in [2.05, 4.69) is 5.32 Å². The first-order valence-corrected chi connectivity index (χ1v) is 9.24. The number of esters is 1. The number of hydrogen-bond donors (Lipinski definition) is 1. The Bertz CT molecular complexity index is 715. The van der Waals surface area contributed by atoms with Gasteiger partial charge in [0.25, 0.3) is 0 Å². The van der Waals surface area contributed by atoms with E-state index in [-0.39, 0.29) is 24.3 Å². The van der Waals surface area contributed by atoms with Crippen molar-refractivity contribution in [1.29, 1.82) is 0 Å². The van der Waals surface area contributed by atoms with E-state index in [1.807, 2.05) is 6.92 Å². The molecule has 1 aromatic rings. The number of nitrogens with zero attached hydrogens (tertiary/aromatic N) is 2. The van der Waals surface area contributed by atoms with E-state index < -0.39 is 5.97 Å². The maximum absolute atomic E-state index is 12.6. The number of cyclic esters (lactones) is 1. The molecule has 0 radical (unpaired) electrons. The maximum atomic E-state index is 12.6. The molecule has 0 spiro atoms. The van der Waals surface area contributed by atoms with Crippen molar-refractivity contribution in [2.45, 2.75) is 38.3 Å². The molecule has 3 rings (SSSR count). The third-order valence-corrected chi connectivity index (χ3v) is 5.12. The summed E-state index contributed by atoms with van der Waals surface area (Å²) in [6.45, 7) is 3.70. The summed E-state index contributed by atoms with van der Waals surface area (Å²) in [5.74, 6) is -0.498. The molecule has 8 heteroatoms. The Morgan fingerprint density at radius 2 is 1.96 bits per heavy atom. The standard InChI is InChI=1S/C19H25N3O5/c1-3-14-12-22(19(25)27-14)13-8-10-21(11-9-13)18(24)20-16-7-5-4-6-15(16)17(23)26-2/h4-7,13-14H,3,8-12H2,1-2H3,(H,20,24). The van der Waals surface area contributed by atoms with Crippen LogP contribution in [0.1, 0.15) is 36.5 Å². The van der Waals surface area contributed by atoms with E-state index in [0.717, 1.165) is 6.42 Å². The van der Waals surface area contributed by atoms with Crippen molar-refractivity contribution in [3.05, 3.63) is 29.8 Å². The summed E-state index contributed by atoms with van der Waals surface area (Å²) in [6, 6.07) is 6.57. The Morgan fingerprint density at radius 1 is 1.26 bits per heavy atom. The summed E-state index contributed by atoms with van der Waals surface area (Å²) in [5, 5.41) is 2.79. The Hall–Kier alpha value is -2.77. The Labute approximate surface area is 158 Å². The lowest BCUT2D eigenvalue weighted by molar-refractivity contribution is 0.0602. The van der Waals surface area contributed by atoms with E-state index in [0.29, 0.717) is 43.7 Å². The quantitative estimate of drug-likeness (QED) is 0.818. The summed E-state index contributed by atoms with van der Waals surface area (Å²) in [4.78, 5) is 39.9. The molecule has 2 aliphatic rings. The van der Waals surface area contributed by atoms with Crippen LogP contribution >= 0.6 is 0 Å². The largest absolute Gasteiger partial charge is 0.465 e. The average molecular weight is 375 g/mol. The van der Waals surface area contributed by atoms with E-state index in [9.17, 15) is 14.4 Å². The van der Waals surface area contributed by atoms with Crippen molar-refractivity contribution in [3.63, 3.8) is 0 Å².